The predicted molar refractivity (Wildman–Crippen MR) is 52.1 cm³/mol. The van der Waals surface area contributed by atoms with Gasteiger partial charge in [-0.1, -0.05) is 6.92 Å². The smallest absolute Gasteiger partial charge is 0.0865 e. The van der Waals surface area contributed by atoms with Gasteiger partial charge in [-0.25, -0.2) is 0 Å². The van der Waals surface area contributed by atoms with E-state index in [1.54, 1.807) is 0 Å². The number of hydrogen-bond donors (Lipinski definition) is 1. The van der Waals surface area contributed by atoms with Crippen LogP contribution in [-0.2, 0) is 4.74 Å². The highest BCUT2D eigenvalue weighted by Gasteiger charge is 2.21. The van der Waals surface area contributed by atoms with Gasteiger partial charge in [-0.15, -0.1) is 0 Å². The number of thioether (sulfide) groups is 1. The molecule has 0 saturated heterocycles. The molecule has 0 aromatic heterocycles. The van der Waals surface area contributed by atoms with Gasteiger partial charge < -0.3 is 10.5 Å². The third-order valence-electron chi connectivity index (χ3n) is 1.54. The van der Waals surface area contributed by atoms with Crippen LogP contribution < -0.4 is 5.73 Å². The molecule has 0 amide bonds. The lowest BCUT2D eigenvalue weighted by atomic mass is 10.1. The van der Waals surface area contributed by atoms with Gasteiger partial charge in [0.2, 0.25) is 0 Å². The Labute approximate surface area is 73.9 Å². The summed E-state index contributed by atoms with van der Waals surface area (Å²) in [4.78, 5) is 0. The highest BCUT2D eigenvalue weighted by atomic mass is 32.2. The average Bonchev–Trinajstić information content (AvgIpc) is 2.02. The van der Waals surface area contributed by atoms with Gasteiger partial charge in [-0.2, -0.15) is 11.8 Å². The van der Waals surface area contributed by atoms with Crippen LogP contribution in [0.25, 0.3) is 0 Å². The number of hydrogen-bond acceptors (Lipinski definition) is 3. The normalized spacial score (nSPS) is 16.4. The van der Waals surface area contributed by atoms with E-state index in [0.29, 0.717) is 6.54 Å². The van der Waals surface area contributed by atoms with E-state index in [4.69, 9.17) is 10.5 Å². The lowest BCUT2D eigenvalue weighted by Gasteiger charge is -2.27. The monoisotopic (exact) mass is 177 g/mol. The maximum Gasteiger partial charge on any atom is 0.0865 e. The van der Waals surface area contributed by atoms with Crippen LogP contribution in [0.5, 0.6) is 0 Å². The summed E-state index contributed by atoms with van der Waals surface area (Å²) in [6.45, 7) is 7.57. The molecular weight excluding hydrogens is 158 g/mol. The molecule has 1 atom stereocenters. The maximum atomic E-state index is 5.60. The second-order valence-corrected chi connectivity index (χ2v) is 4.00. The van der Waals surface area contributed by atoms with Crippen molar-refractivity contribution in [2.24, 2.45) is 5.73 Å². The zero-order valence-electron chi connectivity index (χ0n) is 7.72. The summed E-state index contributed by atoms with van der Waals surface area (Å²) in [6.07, 6.45) is 0. The highest BCUT2D eigenvalue weighted by molar-refractivity contribution is 7.99. The van der Waals surface area contributed by atoms with Crippen molar-refractivity contribution in [3.63, 3.8) is 0 Å². The van der Waals surface area contributed by atoms with E-state index in [0.717, 1.165) is 18.1 Å². The molecule has 0 radical (unpaired) electrons. The molecule has 2 N–H and O–H groups in total. The Kier molecular flexibility index (Phi) is 6.01. The maximum absolute atomic E-state index is 5.60. The second kappa shape index (κ2) is 5.86. The van der Waals surface area contributed by atoms with Crippen molar-refractivity contribution in [2.45, 2.75) is 26.4 Å². The first-order valence-electron chi connectivity index (χ1n) is 4.10. The van der Waals surface area contributed by atoms with Gasteiger partial charge in [0.15, 0.2) is 0 Å². The minimum absolute atomic E-state index is 0.116. The van der Waals surface area contributed by atoms with Crippen molar-refractivity contribution in [2.75, 3.05) is 24.7 Å². The molecule has 0 aliphatic rings. The van der Waals surface area contributed by atoms with Crippen LogP contribution >= 0.6 is 11.8 Å². The van der Waals surface area contributed by atoms with E-state index < -0.39 is 0 Å². The summed E-state index contributed by atoms with van der Waals surface area (Å²) in [7, 11) is 0. The third kappa shape index (κ3) is 4.67. The Morgan fingerprint density at radius 2 is 2.09 bits per heavy atom. The van der Waals surface area contributed by atoms with Crippen molar-refractivity contribution in [1.29, 1.82) is 0 Å². The van der Waals surface area contributed by atoms with Crippen molar-refractivity contribution < 1.29 is 4.74 Å². The summed E-state index contributed by atoms with van der Waals surface area (Å²) in [5.41, 5.74) is 5.48. The Hall–Kier alpha value is 0.270. The number of rotatable bonds is 6. The van der Waals surface area contributed by atoms with Crippen LogP contribution in [0.1, 0.15) is 20.8 Å². The van der Waals surface area contributed by atoms with Crippen LogP contribution in [0, 0.1) is 0 Å². The van der Waals surface area contributed by atoms with Crippen molar-refractivity contribution in [3.05, 3.63) is 0 Å². The lowest BCUT2D eigenvalue weighted by molar-refractivity contribution is 0.00141. The minimum atomic E-state index is -0.116. The molecule has 0 fully saturated rings. The van der Waals surface area contributed by atoms with E-state index in [2.05, 4.69) is 13.8 Å². The standard InChI is InChI=1S/C8H19NOS/c1-4-10-8(3,6-9)7-11-5-2/h4-7,9H2,1-3H3. The van der Waals surface area contributed by atoms with E-state index in [1.165, 1.54) is 0 Å². The lowest BCUT2D eigenvalue weighted by Crippen LogP contribution is -2.40. The van der Waals surface area contributed by atoms with Gasteiger partial charge in [0.25, 0.3) is 0 Å². The zero-order chi connectivity index (χ0) is 8.74. The first-order valence-corrected chi connectivity index (χ1v) is 5.25. The van der Waals surface area contributed by atoms with Gasteiger partial charge in [0.1, 0.15) is 0 Å². The molecule has 2 nitrogen and oxygen atoms in total. The highest BCUT2D eigenvalue weighted by Crippen LogP contribution is 2.15. The fourth-order valence-corrected chi connectivity index (χ4v) is 1.66. The zero-order valence-corrected chi connectivity index (χ0v) is 8.54. The fourth-order valence-electron chi connectivity index (χ4n) is 0.826. The summed E-state index contributed by atoms with van der Waals surface area (Å²) >= 11 is 1.87. The van der Waals surface area contributed by atoms with E-state index >= 15 is 0 Å². The Bertz CT molecular complexity index is 100. The average molecular weight is 177 g/mol. The Morgan fingerprint density at radius 1 is 1.45 bits per heavy atom. The fraction of sp³-hybridized carbons (Fsp3) is 1.00. The molecule has 0 rings (SSSR count). The van der Waals surface area contributed by atoms with Gasteiger partial charge in [-0.3, -0.25) is 0 Å². The number of ether oxygens (including phenoxy) is 1. The summed E-state index contributed by atoms with van der Waals surface area (Å²) < 4.78 is 5.53. The van der Waals surface area contributed by atoms with Gasteiger partial charge in [0, 0.05) is 18.9 Å². The van der Waals surface area contributed by atoms with E-state index in [9.17, 15) is 0 Å². The molecule has 0 heterocycles. The van der Waals surface area contributed by atoms with Crippen molar-refractivity contribution in [3.8, 4) is 0 Å². The molecule has 11 heavy (non-hydrogen) atoms. The minimum Gasteiger partial charge on any atom is -0.373 e. The molecule has 1 unspecified atom stereocenters. The summed E-state index contributed by atoms with van der Waals surface area (Å²) in [5, 5.41) is 0. The summed E-state index contributed by atoms with van der Waals surface area (Å²) in [5.74, 6) is 2.12. The number of nitrogens with two attached hydrogens (primary N) is 1. The molecule has 68 valence electrons. The van der Waals surface area contributed by atoms with Crippen LogP contribution in [0.4, 0.5) is 0 Å². The van der Waals surface area contributed by atoms with Gasteiger partial charge in [0.05, 0.1) is 5.60 Å². The molecule has 0 aromatic carbocycles. The molecule has 0 aliphatic heterocycles. The van der Waals surface area contributed by atoms with Crippen LogP contribution in [-0.4, -0.2) is 30.3 Å². The van der Waals surface area contributed by atoms with E-state index in [1.807, 2.05) is 18.7 Å². The molecule has 0 saturated carbocycles. The molecule has 0 aliphatic carbocycles. The Balaban J connectivity index is 3.68. The van der Waals surface area contributed by atoms with Gasteiger partial charge in [-0.05, 0) is 19.6 Å². The van der Waals surface area contributed by atoms with Crippen LogP contribution in [0.2, 0.25) is 0 Å². The predicted octanol–water partition coefficient (Wildman–Crippen LogP) is 1.49. The van der Waals surface area contributed by atoms with Crippen LogP contribution in [0.15, 0.2) is 0 Å². The van der Waals surface area contributed by atoms with E-state index in [-0.39, 0.29) is 5.60 Å². The van der Waals surface area contributed by atoms with Crippen molar-refractivity contribution in [1.82, 2.24) is 0 Å². The largest absolute Gasteiger partial charge is 0.373 e. The molecule has 3 heteroatoms. The quantitative estimate of drug-likeness (QED) is 0.667. The second-order valence-electron chi connectivity index (χ2n) is 2.72. The van der Waals surface area contributed by atoms with Gasteiger partial charge >= 0.3 is 0 Å². The first-order chi connectivity index (χ1) is 5.18. The van der Waals surface area contributed by atoms with Crippen LogP contribution in [0.3, 0.4) is 0 Å². The SMILES string of the molecule is CCOC(C)(CN)CSCC. The topological polar surface area (TPSA) is 35.2 Å². The Morgan fingerprint density at radius 3 is 2.45 bits per heavy atom. The molecule has 0 bridgehead atoms. The van der Waals surface area contributed by atoms with Crippen molar-refractivity contribution >= 4 is 11.8 Å². The third-order valence-corrected chi connectivity index (χ3v) is 2.76. The summed E-state index contributed by atoms with van der Waals surface area (Å²) in [6, 6.07) is 0. The molecular formula is C8H19NOS. The first kappa shape index (κ1) is 11.3. The molecule has 0 spiro atoms. The molecule has 0 aromatic rings.